The van der Waals surface area contributed by atoms with Gasteiger partial charge in [0.25, 0.3) is 5.69 Å². The molecule has 0 saturated heterocycles. The third-order valence-corrected chi connectivity index (χ3v) is 4.28. The molecule has 23 heavy (non-hydrogen) atoms. The monoisotopic (exact) mass is 320 g/mol. The van der Waals surface area contributed by atoms with Crippen molar-refractivity contribution in [1.82, 2.24) is 4.57 Å². The number of nitrogen functional groups attached to an aromatic ring is 1. The average Bonchev–Trinajstić information content (AvgIpc) is 2.72. The fourth-order valence-electron chi connectivity index (χ4n) is 2.97. The van der Waals surface area contributed by atoms with Crippen molar-refractivity contribution in [2.75, 3.05) is 12.3 Å². The third-order valence-electron chi connectivity index (χ3n) is 4.28. The quantitative estimate of drug-likeness (QED) is 0.419. The van der Waals surface area contributed by atoms with Gasteiger partial charge in [-0.15, -0.1) is 0 Å². The molecule has 0 fully saturated rings. The van der Waals surface area contributed by atoms with Crippen LogP contribution in [0.4, 0.5) is 11.4 Å². The van der Waals surface area contributed by atoms with Gasteiger partial charge in [0.2, 0.25) is 0 Å². The highest BCUT2D eigenvalue weighted by Crippen LogP contribution is 2.37. The van der Waals surface area contributed by atoms with Gasteiger partial charge in [-0.05, 0) is 37.9 Å². The molecule has 2 aromatic rings. The number of carbonyl (C=O) groups is 1. The number of nitro groups is 1. The molecule has 0 saturated carbocycles. The van der Waals surface area contributed by atoms with Crippen LogP contribution in [0.2, 0.25) is 0 Å². The van der Waals surface area contributed by atoms with Gasteiger partial charge in [-0.25, -0.2) is 0 Å². The minimum Gasteiger partial charge on any atom is -0.481 e. The minimum atomic E-state index is -0.960. The van der Waals surface area contributed by atoms with Crippen LogP contribution in [-0.2, 0) is 18.3 Å². The number of hydrogen-bond acceptors (Lipinski definition) is 5. The van der Waals surface area contributed by atoms with E-state index in [1.54, 1.807) is 18.5 Å². The number of anilines is 1. The maximum absolute atomic E-state index is 11.4. The predicted molar refractivity (Wildman–Crippen MR) is 87.2 cm³/mol. The summed E-state index contributed by atoms with van der Waals surface area (Å²) in [6, 6.07) is 2.86. The number of aromatic nitrogens is 1. The van der Waals surface area contributed by atoms with Crippen molar-refractivity contribution in [3.05, 3.63) is 33.5 Å². The van der Waals surface area contributed by atoms with Crippen molar-refractivity contribution in [1.29, 1.82) is 0 Å². The molecule has 5 N–H and O–H groups in total. The van der Waals surface area contributed by atoms with Crippen LogP contribution in [0.1, 0.15) is 17.7 Å². The van der Waals surface area contributed by atoms with Gasteiger partial charge in [-0.2, -0.15) is 0 Å². The summed E-state index contributed by atoms with van der Waals surface area (Å²) in [5.41, 5.74) is 13.8. The molecule has 1 aromatic heterocycles. The van der Waals surface area contributed by atoms with Crippen LogP contribution in [0, 0.1) is 23.0 Å². The molecule has 0 aliphatic carbocycles. The van der Waals surface area contributed by atoms with Gasteiger partial charge >= 0.3 is 5.97 Å². The molecule has 0 amide bonds. The van der Waals surface area contributed by atoms with E-state index in [2.05, 4.69) is 0 Å². The van der Waals surface area contributed by atoms with Crippen LogP contribution in [-0.4, -0.2) is 27.1 Å². The van der Waals surface area contributed by atoms with Crippen LogP contribution in [0.15, 0.2) is 12.1 Å². The van der Waals surface area contributed by atoms with E-state index in [1.807, 2.05) is 0 Å². The second-order valence-electron chi connectivity index (χ2n) is 5.59. The van der Waals surface area contributed by atoms with Crippen molar-refractivity contribution in [3.8, 4) is 0 Å². The Bertz CT molecular complexity index is 782. The van der Waals surface area contributed by atoms with Crippen LogP contribution >= 0.6 is 0 Å². The zero-order chi connectivity index (χ0) is 17.3. The van der Waals surface area contributed by atoms with Crippen molar-refractivity contribution in [2.45, 2.75) is 19.8 Å². The highest BCUT2D eigenvalue weighted by Gasteiger charge is 2.27. The normalized spacial score (nSPS) is 12.5. The van der Waals surface area contributed by atoms with Gasteiger partial charge in [0, 0.05) is 18.8 Å². The highest BCUT2D eigenvalue weighted by atomic mass is 16.6. The molecule has 0 radical (unpaired) electrons. The molecule has 1 atom stereocenters. The number of carboxylic acid groups (broad SMARTS) is 1. The van der Waals surface area contributed by atoms with E-state index in [-0.39, 0.29) is 18.7 Å². The first-order valence-corrected chi connectivity index (χ1v) is 7.23. The van der Waals surface area contributed by atoms with Crippen molar-refractivity contribution in [3.63, 3.8) is 0 Å². The Balaban J connectivity index is 2.72. The van der Waals surface area contributed by atoms with Crippen molar-refractivity contribution < 1.29 is 14.8 Å². The second-order valence-corrected chi connectivity index (χ2v) is 5.59. The Morgan fingerprint density at radius 1 is 1.48 bits per heavy atom. The summed E-state index contributed by atoms with van der Waals surface area (Å²) >= 11 is 0. The molecule has 8 nitrogen and oxygen atoms in total. The van der Waals surface area contributed by atoms with Gasteiger partial charge in [-0.1, -0.05) is 0 Å². The molecule has 8 heteroatoms. The molecule has 1 heterocycles. The van der Waals surface area contributed by atoms with E-state index in [9.17, 15) is 20.0 Å². The molecule has 1 unspecified atom stereocenters. The van der Waals surface area contributed by atoms with Crippen LogP contribution in [0.5, 0.6) is 0 Å². The summed E-state index contributed by atoms with van der Waals surface area (Å²) in [7, 11) is 1.76. The molecule has 0 aliphatic rings. The molecule has 1 aromatic carbocycles. The van der Waals surface area contributed by atoms with E-state index >= 15 is 0 Å². The summed E-state index contributed by atoms with van der Waals surface area (Å²) in [5, 5.41) is 21.1. The first kappa shape index (κ1) is 16.8. The lowest BCUT2D eigenvalue weighted by Crippen LogP contribution is -2.20. The molecule has 0 bridgehead atoms. The number of rotatable bonds is 6. The Hall–Kier alpha value is -2.61. The summed E-state index contributed by atoms with van der Waals surface area (Å²) in [4.78, 5) is 22.3. The van der Waals surface area contributed by atoms with Gasteiger partial charge < -0.3 is 21.1 Å². The van der Waals surface area contributed by atoms with Crippen LogP contribution < -0.4 is 11.5 Å². The van der Waals surface area contributed by atoms with Crippen LogP contribution in [0.3, 0.4) is 0 Å². The SMILES string of the molecule is Cc1c(CC(CCN)C(=O)O)c2c([N+](=O)[O-])ccc(N)c2n1C. The Morgan fingerprint density at radius 3 is 2.65 bits per heavy atom. The number of fused-ring (bicyclic) bond motifs is 1. The molecular weight excluding hydrogens is 300 g/mol. The minimum absolute atomic E-state index is 0.0650. The van der Waals surface area contributed by atoms with E-state index in [0.717, 1.165) is 5.69 Å². The summed E-state index contributed by atoms with van der Waals surface area (Å²) < 4.78 is 1.77. The molecule has 124 valence electrons. The van der Waals surface area contributed by atoms with E-state index < -0.39 is 16.8 Å². The lowest BCUT2D eigenvalue weighted by atomic mass is 9.94. The number of aliphatic carboxylic acids is 1. The third kappa shape index (κ3) is 2.85. The summed E-state index contributed by atoms with van der Waals surface area (Å²) in [6.07, 6.45) is 0.487. The van der Waals surface area contributed by atoms with Gasteiger partial charge in [-0.3, -0.25) is 14.9 Å². The summed E-state index contributed by atoms with van der Waals surface area (Å²) in [6.45, 7) is 2.05. The second kappa shape index (κ2) is 6.25. The Kier molecular flexibility index (Phi) is 4.55. The number of hydrogen-bond donors (Lipinski definition) is 3. The topological polar surface area (TPSA) is 137 Å². The van der Waals surface area contributed by atoms with Crippen molar-refractivity contribution in [2.24, 2.45) is 18.7 Å². The number of carboxylic acids is 1. The zero-order valence-corrected chi connectivity index (χ0v) is 13.1. The van der Waals surface area contributed by atoms with Gasteiger partial charge in [0.1, 0.15) is 0 Å². The number of non-ortho nitro benzene ring substituents is 1. The molecule has 0 spiro atoms. The number of aryl methyl sites for hydroxylation is 1. The van der Waals surface area contributed by atoms with Gasteiger partial charge in [0.05, 0.1) is 27.4 Å². The Morgan fingerprint density at radius 2 is 2.13 bits per heavy atom. The fraction of sp³-hybridized carbons (Fsp3) is 0.400. The van der Waals surface area contributed by atoms with Gasteiger partial charge in [0.15, 0.2) is 0 Å². The standard InChI is InChI=1S/C15H20N4O4/c1-8-10(7-9(5-6-16)15(20)21)13-12(19(22)23)4-3-11(17)14(13)18(8)2/h3-4,9H,5-7,16-17H2,1-2H3,(H,20,21). The van der Waals surface area contributed by atoms with Crippen molar-refractivity contribution >= 4 is 28.2 Å². The molecule has 0 aliphatic heterocycles. The maximum Gasteiger partial charge on any atom is 0.306 e. The lowest BCUT2D eigenvalue weighted by Gasteiger charge is -2.11. The van der Waals surface area contributed by atoms with E-state index in [1.165, 1.54) is 12.1 Å². The number of nitrogens with zero attached hydrogens (tertiary/aromatic N) is 2. The fourth-order valence-corrected chi connectivity index (χ4v) is 2.97. The first-order chi connectivity index (χ1) is 10.8. The first-order valence-electron chi connectivity index (χ1n) is 7.23. The van der Waals surface area contributed by atoms with Crippen LogP contribution in [0.25, 0.3) is 10.9 Å². The predicted octanol–water partition coefficient (Wildman–Crippen LogP) is 1.57. The number of benzene rings is 1. The zero-order valence-electron chi connectivity index (χ0n) is 13.1. The number of nitrogens with two attached hydrogens (primary N) is 2. The largest absolute Gasteiger partial charge is 0.481 e. The maximum atomic E-state index is 11.4. The Labute approximate surface area is 132 Å². The van der Waals surface area contributed by atoms with E-state index in [4.69, 9.17) is 11.5 Å². The smallest absolute Gasteiger partial charge is 0.306 e. The van der Waals surface area contributed by atoms with E-state index in [0.29, 0.717) is 28.6 Å². The summed E-state index contributed by atoms with van der Waals surface area (Å²) in [5.74, 6) is -1.65. The lowest BCUT2D eigenvalue weighted by molar-refractivity contribution is -0.383. The molecule has 2 rings (SSSR count). The molecular formula is C15H20N4O4. The number of nitro benzene ring substituents is 1. The highest BCUT2D eigenvalue weighted by molar-refractivity contribution is 6.00. The average molecular weight is 320 g/mol.